The highest BCUT2D eigenvalue weighted by atomic mass is 16.3. The Morgan fingerprint density at radius 2 is 1.76 bits per heavy atom. The minimum Gasteiger partial charge on any atom is -0.493 e. The Kier molecular flexibility index (Phi) is 2.36. The van der Waals surface area contributed by atoms with E-state index < -0.39 is 0 Å². The van der Waals surface area contributed by atoms with Gasteiger partial charge in [0.2, 0.25) is 5.88 Å². The van der Waals surface area contributed by atoms with Crippen LogP contribution in [0.15, 0.2) is 4.79 Å². The fraction of sp³-hybridized carbons (Fsp3) is 0.765. The number of aromatic amines is 1. The Labute approximate surface area is 125 Å². The summed E-state index contributed by atoms with van der Waals surface area (Å²) in [5.74, 6) is 1.38. The lowest BCUT2D eigenvalue weighted by Gasteiger charge is -2.64. The molecule has 4 saturated carbocycles. The number of rotatable bonds is 1. The maximum atomic E-state index is 12.1. The molecule has 0 aliphatic heterocycles. The number of nitrogens with zero attached hydrogens (tertiary/aromatic N) is 1. The summed E-state index contributed by atoms with van der Waals surface area (Å²) in [6.45, 7) is 6.42. The standard InChI is InChI=1S/C17H24N2O2/c1-10-12(20)18-14(19-13(10)21)17-6-11-4-15(2,8-17)7-16(3,5-11)9-17/h11H,4-9H2,1-3H3,(H2,18,19,20,21). The van der Waals surface area contributed by atoms with Gasteiger partial charge in [-0.3, -0.25) is 4.79 Å². The van der Waals surface area contributed by atoms with Crippen LogP contribution in [0.3, 0.4) is 0 Å². The van der Waals surface area contributed by atoms with Crippen LogP contribution in [-0.2, 0) is 5.41 Å². The van der Waals surface area contributed by atoms with E-state index in [4.69, 9.17) is 0 Å². The highest BCUT2D eigenvalue weighted by Gasteiger charge is 2.61. The van der Waals surface area contributed by atoms with Gasteiger partial charge in [0.15, 0.2) is 0 Å². The monoisotopic (exact) mass is 288 g/mol. The summed E-state index contributed by atoms with van der Waals surface area (Å²) in [5.41, 5.74) is 0.831. The van der Waals surface area contributed by atoms with Crippen LogP contribution in [0.1, 0.15) is 63.8 Å². The summed E-state index contributed by atoms with van der Waals surface area (Å²) in [6, 6.07) is 0. The van der Waals surface area contributed by atoms with Crippen LogP contribution < -0.4 is 5.56 Å². The highest BCUT2D eigenvalue weighted by Crippen LogP contribution is 2.69. The van der Waals surface area contributed by atoms with Crippen molar-refractivity contribution in [1.29, 1.82) is 0 Å². The Balaban J connectivity index is 1.86. The largest absolute Gasteiger partial charge is 0.493 e. The Morgan fingerprint density at radius 3 is 2.29 bits per heavy atom. The molecule has 1 heterocycles. The van der Waals surface area contributed by atoms with Gasteiger partial charge in [0.05, 0.1) is 5.56 Å². The Hall–Kier alpha value is -1.32. The zero-order valence-corrected chi connectivity index (χ0v) is 13.1. The third kappa shape index (κ3) is 1.80. The van der Waals surface area contributed by atoms with E-state index in [-0.39, 0.29) is 16.9 Å². The number of hydrogen-bond donors (Lipinski definition) is 2. The van der Waals surface area contributed by atoms with Gasteiger partial charge in [0.1, 0.15) is 5.82 Å². The van der Waals surface area contributed by atoms with Crippen LogP contribution in [0.4, 0.5) is 0 Å². The minimum atomic E-state index is -0.191. The SMILES string of the molecule is Cc1c(O)nc(C23CC4CC(C)(CC(C)(C4)C2)C3)[nH]c1=O. The molecule has 4 nitrogen and oxygen atoms in total. The third-order valence-corrected chi connectivity index (χ3v) is 6.25. The van der Waals surface area contributed by atoms with E-state index in [2.05, 4.69) is 23.8 Å². The molecule has 0 radical (unpaired) electrons. The van der Waals surface area contributed by atoms with E-state index in [9.17, 15) is 9.90 Å². The molecule has 4 aliphatic carbocycles. The zero-order valence-electron chi connectivity index (χ0n) is 13.1. The van der Waals surface area contributed by atoms with E-state index in [0.717, 1.165) is 31.0 Å². The second kappa shape index (κ2) is 3.71. The van der Waals surface area contributed by atoms with Crippen LogP contribution in [0.2, 0.25) is 0 Å². The molecule has 4 bridgehead atoms. The van der Waals surface area contributed by atoms with E-state index in [0.29, 0.717) is 16.4 Å². The Bertz CT molecular complexity index is 660. The van der Waals surface area contributed by atoms with Gasteiger partial charge in [-0.15, -0.1) is 0 Å². The van der Waals surface area contributed by atoms with Gasteiger partial charge in [-0.1, -0.05) is 13.8 Å². The average Bonchev–Trinajstić information content (AvgIpc) is 2.30. The van der Waals surface area contributed by atoms with Gasteiger partial charge in [-0.25, -0.2) is 0 Å². The topological polar surface area (TPSA) is 66.0 Å². The quantitative estimate of drug-likeness (QED) is 0.834. The zero-order chi connectivity index (χ0) is 15.0. The maximum Gasteiger partial charge on any atom is 0.257 e. The highest BCUT2D eigenvalue weighted by molar-refractivity contribution is 5.27. The minimum absolute atomic E-state index is 0.0345. The molecule has 0 amide bonds. The predicted molar refractivity (Wildman–Crippen MR) is 80.3 cm³/mol. The number of aromatic nitrogens is 2. The van der Waals surface area contributed by atoms with Gasteiger partial charge >= 0.3 is 0 Å². The molecule has 2 N–H and O–H groups in total. The molecule has 0 aromatic carbocycles. The number of nitrogens with one attached hydrogen (secondary N) is 1. The first-order valence-electron chi connectivity index (χ1n) is 8.03. The molecular weight excluding hydrogens is 264 g/mol. The van der Waals surface area contributed by atoms with Crippen molar-refractivity contribution in [2.24, 2.45) is 16.7 Å². The van der Waals surface area contributed by atoms with Crippen LogP contribution in [0.25, 0.3) is 0 Å². The smallest absolute Gasteiger partial charge is 0.257 e. The first kappa shape index (κ1) is 13.4. The van der Waals surface area contributed by atoms with Crippen LogP contribution >= 0.6 is 0 Å². The molecule has 4 aliphatic rings. The van der Waals surface area contributed by atoms with Gasteiger partial charge < -0.3 is 10.1 Å². The summed E-state index contributed by atoms with van der Waals surface area (Å²) < 4.78 is 0. The molecule has 2 atom stereocenters. The van der Waals surface area contributed by atoms with Crippen molar-refractivity contribution in [1.82, 2.24) is 9.97 Å². The first-order chi connectivity index (χ1) is 9.73. The maximum absolute atomic E-state index is 12.1. The molecule has 4 heteroatoms. The van der Waals surface area contributed by atoms with Gasteiger partial charge in [-0.2, -0.15) is 4.98 Å². The van der Waals surface area contributed by atoms with Crippen LogP contribution in [0.5, 0.6) is 5.88 Å². The lowest BCUT2D eigenvalue weighted by atomic mass is 9.40. The van der Waals surface area contributed by atoms with Crippen molar-refractivity contribution >= 4 is 0 Å². The first-order valence-corrected chi connectivity index (χ1v) is 8.03. The van der Waals surface area contributed by atoms with E-state index >= 15 is 0 Å². The third-order valence-electron chi connectivity index (χ3n) is 6.25. The van der Waals surface area contributed by atoms with Crippen LogP contribution in [0, 0.1) is 23.7 Å². The summed E-state index contributed by atoms with van der Waals surface area (Å²) in [5, 5.41) is 9.98. The van der Waals surface area contributed by atoms with Crippen molar-refractivity contribution in [3.63, 3.8) is 0 Å². The van der Waals surface area contributed by atoms with E-state index in [1.165, 1.54) is 19.3 Å². The molecule has 4 fully saturated rings. The van der Waals surface area contributed by atoms with E-state index in [1.807, 2.05) is 0 Å². The number of hydrogen-bond acceptors (Lipinski definition) is 3. The summed E-state index contributed by atoms with van der Waals surface area (Å²) in [4.78, 5) is 19.4. The van der Waals surface area contributed by atoms with Crippen molar-refractivity contribution in [3.05, 3.63) is 21.7 Å². The molecular formula is C17H24N2O2. The summed E-state index contributed by atoms with van der Waals surface area (Å²) in [7, 11) is 0. The number of aromatic hydroxyl groups is 1. The molecule has 0 saturated heterocycles. The second-order valence-electron chi connectivity index (χ2n) is 8.77. The molecule has 1 aromatic heterocycles. The van der Waals surface area contributed by atoms with E-state index in [1.54, 1.807) is 6.92 Å². The fourth-order valence-electron chi connectivity index (χ4n) is 6.48. The molecule has 5 rings (SSSR count). The second-order valence-corrected chi connectivity index (χ2v) is 8.77. The van der Waals surface area contributed by atoms with Gasteiger partial charge in [0, 0.05) is 5.41 Å². The van der Waals surface area contributed by atoms with Crippen LogP contribution in [-0.4, -0.2) is 15.1 Å². The lowest BCUT2D eigenvalue weighted by Crippen LogP contribution is -2.57. The molecule has 1 aromatic rings. The lowest BCUT2D eigenvalue weighted by molar-refractivity contribution is -0.112. The van der Waals surface area contributed by atoms with Crippen molar-refractivity contribution in [2.75, 3.05) is 0 Å². The summed E-state index contributed by atoms with van der Waals surface area (Å²) >= 11 is 0. The van der Waals surface area contributed by atoms with Crippen molar-refractivity contribution in [3.8, 4) is 5.88 Å². The normalized spacial score (nSPS) is 44.2. The van der Waals surface area contributed by atoms with Gasteiger partial charge in [-0.05, 0) is 62.2 Å². The number of H-pyrrole nitrogens is 1. The fourth-order valence-corrected chi connectivity index (χ4v) is 6.48. The molecule has 0 spiro atoms. The molecule has 21 heavy (non-hydrogen) atoms. The Morgan fingerprint density at radius 1 is 1.14 bits per heavy atom. The van der Waals surface area contributed by atoms with Crippen molar-refractivity contribution in [2.45, 2.75) is 64.7 Å². The van der Waals surface area contributed by atoms with Gasteiger partial charge in [0.25, 0.3) is 5.56 Å². The molecule has 2 unspecified atom stereocenters. The summed E-state index contributed by atoms with van der Waals surface area (Å²) in [6.07, 6.45) is 7.22. The average molecular weight is 288 g/mol. The van der Waals surface area contributed by atoms with Crippen molar-refractivity contribution < 1.29 is 5.11 Å². The predicted octanol–water partition coefficient (Wildman–Crippen LogP) is 3.03. The molecule has 114 valence electrons.